The lowest BCUT2D eigenvalue weighted by Gasteiger charge is -2.32. The molecule has 0 aromatic rings. The highest BCUT2D eigenvalue weighted by molar-refractivity contribution is 7.79. The van der Waals surface area contributed by atoms with E-state index in [2.05, 4.69) is 18.7 Å². The minimum atomic E-state index is -1.96. The number of hydrogen-bond donors (Lipinski definition) is 0. The van der Waals surface area contributed by atoms with Gasteiger partial charge in [0, 0.05) is 0 Å². The van der Waals surface area contributed by atoms with Gasteiger partial charge in [-0.3, -0.25) is 9.11 Å². The molecular formula is C11H24NO2S-. The Morgan fingerprint density at radius 2 is 1.60 bits per heavy atom. The van der Waals surface area contributed by atoms with Crippen molar-refractivity contribution >= 4 is 11.1 Å². The van der Waals surface area contributed by atoms with Crippen LogP contribution in [0.25, 0.3) is 0 Å². The highest BCUT2D eigenvalue weighted by Crippen LogP contribution is 2.10. The predicted molar refractivity (Wildman–Crippen MR) is 64.4 cm³/mol. The molecule has 0 aromatic heterocycles. The van der Waals surface area contributed by atoms with Crippen molar-refractivity contribution in [2.24, 2.45) is 0 Å². The quantitative estimate of drug-likeness (QED) is 0.576. The summed E-state index contributed by atoms with van der Waals surface area (Å²) in [7, 11) is 0. The number of rotatable bonds is 9. The van der Waals surface area contributed by atoms with Gasteiger partial charge in [-0.25, -0.2) is 0 Å². The summed E-state index contributed by atoms with van der Waals surface area (Å²) in [5.41, 5.74) is 0. The molecule has 0 heterocycles. The minimum absolute atomic E-state index is 0.289. The van der Waals surface area contributed by atoms with Crippen molar-refractivity contribution in [3.05, 3.63) is 0 Å². The summed E-state index contributed by atoms with van der Waals surface area (Å²) in [5.74, 6) is 0. The molecule has 0 saturated carbocycles. The molecule has 0 aromatic carbocycles. The number of nitrogens with zero attached hydrogens (tertiary/aromatic N) is 1. The summed E-state index contributed by atoms with van der Waals surface area (Å²) >= 11 is -1.96. The van der Waals surface area contributed by atoms with Crippen molar-refractivity contribution in [1.82, 2.24) is 4.90 Å². The van der Waals surface area contributed by atoms with Crippen LogP contribution in [0.5, 0.6) is 0 Å². The third kappa shape index (κ3) is 6.28. The largest absolute Gasteiger partial charge is 0.771 e. The molecule has 0 aliphatic carbocycles. The standard InChI is InChI=1S/C11H25NO2S/c1-4-7-9-12(10-8-5-2)11(6-3)15(13)14/h11H,4-10H2,1-3H3,(H,13,14)/p-1. The van der Waals surface area contributed by atoms with E-state index in [4.69, 9.17) is 0 Å². The van der Waals surface area contributed by atoms with E-state index in [1.807, 2.05) is 6.92 Å². The first-order chi connectivity index (χ1) is 7.17. The minimum Gasteiger partial charge on any atom is -0.771 e. The normalized spacial score (nSPS) is 15.5. The van der Waals surface area contributed by atoms with Gasteiger partial charge in [0.05, 0.1) is 5.37 Å². The first-order valence-electron chi connectivity index (χ1n) is 5.99. The first-order valence-corrected chi connectivity index (χ1v) is 7.13. The molecule has 0 N–H and O–H groups in total. The van der Waals surface area contributed by atoms with Crippen LogP contribution in [0, 0.1) is 0 Å². The lowest BCUT2D eigenvalue weighted by Crippen LogP contribution is -2.39. The first kappa shape index (κ1) is 15.1. The van der Waals surface area contributed by atoms with Gasteiger partial charge in [-0.15, -0.1) is 0 Å². The van der Waals surface area contributed by atoms with Gasteiger partial charge in [0.25, 0.3) is 0 Å². The molecule has 0 rings (SSSR count). The van der Waals surface area contributed by atoms with Gasteiger partial charge >= 0.3 is 0 Å². The van der Waals surface area contributed by atoms with Crippen molar-refractivity contribution in [3.63, 3.8) is 0 Å². The van der Waals surface area contributed by atoms with Crippen molar-refractivity contribution < 1.29 is 8.76 Å². The van der Waals surface area contributed by atoms with Crippen molar-refractivity contribution in [1.29, 1.82) is 0 Å². The maximum absolute atomic E-state index is 11.1. The van der Waals surface area contributed by atoms with Gasteiger partial charge in [-0.1, -0.05) is 33.6 Å². The molecule has 0 aliphatic heterocycles. The topological polar surface area (TPSA) is 43.4 Å². The van der Waals surface area contributed by atoms with E-state index >= 15 is 0 Å². The fraction of sp³-hybridized carbons (Fsp3) is 1.00. The zero-order valence-corrected chi connectivity index (χ0v) is 11.0. The lowest BCUT2D eigenvalue weighted by molar-refractivity contribution is 0.232. The molecule has 15 heavy (non-hydrogen) atoms. The van der Waals surface area contributed by atoms with Gasteiger partial charge in [0.1, 0.15) is 0 Å². The second-order valence-corrected chi connectivity index (χ2v) is 4.93. The molecule has 0 saturated heterocycles. The molecule has 92 valence electrons. The molecule has 0 spiro atoms. The molecule has 3 nitrogen and oxygen atoms in total. The van der Waals surface area contributed by atoms with Gasteiger partial charge < -0.3 is 4.55 Å². The Hall–Kier alpha value is 0.0700. The van der Waals surface area contributed by atoms with Crippen LogP contribution in [0.4, 0.5) is 0 Å². The van der Waals surface area contributed by atoms with Crippen LogP contribution in [0.1, 0.15) is 52.9 Å². The molecule has 0 amide bonds. The SMILES string of the molecule is CCCCN(CCCC)C(CC)S(=O)[O-]. The van der Waals surface area contributed by atoms with Crippen molar-refractivity contribution in [2.45, 2.75) is 58.2 Å². The van der Waals surface area contributed by atoms with Gasteiger partial charge in [0.2, 0.25) is 0 Å². The van der Waals surface area contributed by atoms with E-state index < -0.39 is 11.1 Å². The summed E-state index contributed by atoms with van der Waals surface area (Å²) in [6.07, 6.45) is 5.08. The van der Waals surface area contributed by atoms with Crippen LogP contribution in [-0.2, 0) is 11.1 Å². The fourth-order valence-corrected chi connectivity index (χ4v) is 2.36. The third-order valence-electron chi connectivity index (χ3n) is 2.58. The number of hydrogen-bond acceptors (Lipinski definition) is 3. The molecule has 0 aliphatic rings. The zero-order valence-electron chi connectivity index (χ0n) is 10.2. The summed E-state index contributed by atoms with van der Waals surface area (Å²) in [6, 6.07) is 0. The second-order valence-electron chi connectivity index (χ2n) is 3.87. The lowest BCUT2D eigenvalue weighted by atomic mass is 10.2. The predicted octanol–water partition coefficient (Wildman–Crippen LogP) is 2.50. The van der Waals surface area contributed by atoms with Gasteiger partial charge in [-0.05, 0) is 43.4 Å². The van der Waals surface area contributed by atoms with Gasteiger partial charge in [-0.2, -0.15) is 0 Å². The molecule has 0 fully saturated rings. The van der Waals surface area contributed by atoms with Crippen LogP contribution in [0.3, 0.4) is 0 Å². The highest BCUT2D eigenvalue weighted by Gasteiger charge is 2.15. The average molecular weight is 234 g/mol. The van der Waals surface area contributed by atoms with Gasteiger partial charge in [0.15, 0.2) is 0 Å². The average Bonchev–Trinajstić information content (AvgIpc) is 2.21. The van der Waals surface area contributed by atoms with E-state index in [-0.39, 0.29) is 5.37 Å². The monoisotopic (exact) mass is 234 g/mol. The van der Waals surface area contributed by atoms with E-state index in [1.54, 1.807) is 0 Å². The molecular weight excluding hydrogens is 210 g/mol. The summed E-state index contributed by atoms with van der Waals surface area (Å²) in [5, 5.41) is -0.289. The maximum atomic E-state index is 11.1. The van der Waals surface area contributed by atoms with Crippen molar-refractivity contribution in [3.8, 4) is 0 Å². The van der Waals surface area contributed by atoms with E-state index in [0.717, 1.165) is 38.8 Å². The van der Waals surface area contributed by atoms with Crippen LogP contribution >= 0.6 is 0 Å². The van der Waals surface area contributed by atoms with E-state index in [9.17, 15) is 8.76 Å². The second kappa shape index (κ2) is 9.31. The molecule has 0 radical (unpaired) electrons. The smallest absolute Gasteiger partial charge is 0.0723 e. The Labute approximate surface area is 96.5 Å². The van der Waals surface area contributed by atoms with E-state index in [1.165, 1.54) is 0 Å². The molecule has 2 atom stereocenters. The van der Waals surface area contributed by atoms with Crippen molar-refractivity contribution in [2.75, 3.05) is 13.1 Å². The summed E-state index contributed by atoms with van der Waals surface area (Å²) in [6.45, 7) is 8.01. The van der Waals surface area contributed by atoms with Crippen LogP contribution in [0.15, 0.2) is 0 Å². The zero-order chi connectivity index (χ0) is 11.7. The van der Waals surface area contributed by atoms with Crippen LogP contribution < -0.4 is 0 Å². The third-order valence-corrected chi connectivity index (χ3v) is 3.65. The van der Waals surface area contributed by atoms with Crippen LogP contribution in [-0.4, -0.2) is 32.1 Å². The highest BCUT2D eigenvalue weighted by atomic mass is 32.2. The Morgan fingerprint density at radius 3 is 1.87 bits per heavy atom. The Balaban J connectivity index is 4.22. The Bertz CT molecular complexity index is 168. The molecule has 0 bridgehead atoms. The fourth-order valence-electron chi connectivity index (χ4n) is 1.64. The molecule has 2 unspecified atom stereocenters. The molecule has 4 heteroatoms. The van der Waals surface area contributed by atoms with E-state index in [0.29, 0.717) is 6.42 Å². The number of unbranched alkanes of at least 4 members (excludes halogenated alkanes) is 2. The Kier molecular flexibility index (Phi) is 9.35. The Morgan fingerprint density at radius 1 is 1.13 bits per heavy atom. The van der Waals surface area contributed by atoms with Crippen LogP contribution in [0.2, 0.25) is 0 Å². The maximum Gasteiger partial charge on any atom is 0.0723 e. The summed E-state index contributed by atoms with van der Waals surface area (Å²) < 4.78 is 22.1. The summed E-state index contributed by atoms with van der Waals surface area (Å²) in [4.78, 5) is 2.11.